The van der Waals surface area contributed by atoms with Crippen LogP contribution in [0.4, 0.5) is 0 Å². The maximum absolute atomic E-state index is 13.6. The van der Waals surface area contributed by atoms with Gasteiger partial charge in [-0.1, -0.05) is 173 Å². The number of aliphatic hydroxyl groups is 1. The molecule has 0 aromatic rings. The van der Waals surface area contributed by atoms with Gasteiger partial charge in [-0.2, -0.15) is 0 Å². The lowest BCUT2D eigenvalue weighted by Gasteiger charge is -2.47. The molecule has 0 aromatic carbocycles. The summed E-state index contributed by atoms with van der Waals surface area (Å²) in [7, 11) is -8.81. The minimum absolute atomic E-state index is 0.00454. The van der Waals surface area contributed by atoms with Crippen LogP contribution in [-0.2, 0) is 27.2 Å². The fourth-order valence-electron chi connectivity index (χ4n) is 8.26. The van der Waals surface area contributed by atoms with Gasteiger partial charge in [-0.3, -0.25) is 4.79 Å². The van der Waals surface area contributed by atoms with Crippen molar-refractivity contribution >= 4 is 39.2 Å². The Hall–Kier alpha value is -0.902. The molecule has 1 rings (SSSR count). The minimum Gasteiger partial charge on any atom is -0.462 e. The smallest absolute Gasteiger partial charge is 0.311 e. The third-order valence-electron chi connectivity index (χ3n) is 17.2. The summed E-state index contributed by atoms with van der Waals surface area (Å²) >= 11 is 0. The fraction of sp³-hybridized carbons (Fsp3) is 0.839. The molecule has 0 amide bonds. The van der Waals surface area contributed by atoms with E-state index in [1.807, 2.05) is 19.1 Å². The summed E-state index contributed by atoms with van der Waals surface area (Å²) in [6, 6.07) is 0. The second-order valence-corrected chi connectivity index (χ2v) is 46.5. The monoisotopic (exact) mass is 1010 g/mol. The van der Waals surface area contributed by atoms with Crippen molar-refractivity contribution in [2.75, 3.05) is 0 Å². The molecule has 0 saturated carbocycles. The molecule has 1 saturated heterocycles. The molecule has 11 heteroatoms. The molecule has 1 heterocycles. The Morgan fingerprint density at radius 2 is 1.12 bits per heavy atom. The predicted octanol–water partition coefficient (Wildman–Crippen LogP) is 16.3. The average molecular weight is 1010 g/mol. The van der Waals surface area contributed by atoms with Gasteiger partial charge in [0, 0.05) is 24.2 Å². The fourth-order valence-corrected chi connectivity index (χ4v) is 13.9. The number of ether oxygens (including phenoxy) is 1. The Morgan fingerprint density at radius 3 is 1.57 bits per heavy atom. The van der Waals surface area contributed by atoms with Gasteiger partial charge in [-0.15, -0.1) is 0 Å². The lowest BCUT2D eigenvalue weighted by molar-refractivity contribution is -0.177. The maximum Gasteiger partial charge on any atom is 0.311 e. The van der Waals surface area contributed by atoms with Crippen LogP contribution in [0.2, 0.25) is 72.5 Å². The van der Waals surface area contributed by atoms with Gasteiger partial charge in [0.25, 0.3) is 0 Å². The summed E-state index contributed by atoms with van der Waals surface area (Å²) < 4.78 is 35.3. The van der Waals surface area contributed by atoms with Crippen LogP contribution < -0.4 is 0 Å². The van der Waals surface area contributed by atoms with E-state index in [9.17, 15) is 9.90 Å². The number of esters is 1. The van der Waals surface area contributed by atoms with Crippen molar-refractivity contribution < 1.29 is 32.3 Å². The van der Waals surface area contributed by atoms with E-state index in [1.54, 1.807) is 6.08 Å². The van der Waals surface area contributed by atoms with Gasteiger partial charge in [0.05, 0.1) is 36.4 Å². The van der Waals surface area contributed by atoms with E-state index < -0.39 is 39.4 Å². The molecule has 1 fully saturated rings. The summed E-state index contributed by atoms with van der Waals surface area (Å²) in [5.41, 5.74) is 1.31. The van der Waals surface area contributed by atoms with E-state index in [4.69, 9.17) is 22.4 Å². The Balaban J connectivity index is 3.79. The number of aliphatic hydroxyl groups excluding tert-OH is 1. The first-order valence-electron chi connectivity index (χ1n) is 26.1. The molecule has 1 aliphatic rings. The molecule has 0 bridgehead atoms. The zero-order valence-corrected chi connectivity index (χ0v) is 53.0. The molecule has 1 aliphatic heterocycles. The van der Waals surface area contributed by atoms with Gasteiger partial charge in [0.1, 0.15) is 6.10 Å². The highest BCUT2D eigenvalue weighted by Gasteiger charge is 2.49. The van der Waals surface area contributed by atoms with Gasteiger partial charge in [0.15, 0.2) is 33.3 Å². The molecule has 13 atom stereocenters. The normalized spacial score (nSPS) is 24.5. The second kappa shape index (κ2) is 24.2. The number of allylic oxidation sites excluding steroid dienone is 3. The topological polar surface area (TPSA) is 83.5 Å². The first kappa shape index (κ1) is 64.1. The number of hydrogen-bond donors (Lipinski definition) is 1. The van der Waals surface area contributed by atoms with Crippen LogP contribution in [0, 0.1) is 41.4 Å². The highest BCUT2D eigenvalue weighted by molar-refractivity contribution is 6.75. The third kappa shape index (κ3) is 18.0. The van der Waals surface area contributed by atoms with Gasteiger partial charge >= 0.3 is 5.97 Å². The van der Waals surface area contributed by atoms with Crippen molar-refractivity contribution in [1.29, 1.82) is 0 Å². The number of cyclic esters (lactones) is 1. The van der Waals surface area contributed by atoms with Crippen LogP contribution >= 0.6 is 0 Å². The quantitative estimate of drug-likeness (QED) is 0.0472. The van der Waals surface area contributed by atoms with E-state index in [-0.39, 0.29) is 98.1 Å². The van der Waals surface area contributed by atoms with Gasteiger partial charge in [-0.25, -0.2) is 0 Å². The highest BCUT2D eigenvalue weighted by atomic mass is 28.4. The van der Waals surface area contributed by atoms with Crippen molar-refractivity contribution in [3.05, 3.63) is 48.6 Å². The van der Waals surface area contributed by atoms with Crippen molar-refractivity contribution in [2.45, 2.75) is 260 Å². The van der Waals surface area contributed by atoms with Crippen molar-refractivity contribution in [1.82, 2.24) is 0 Å². The van der Waals surface area contributed by atoms with Crippen molar-refractivity contribution in [3.63, 3.8) is 0 Å². The van der Waals surface area contributed by atoms with Crippen molar-refractivity contribution in [3.8, 4) is 0 Å². The van der Waals surface area contributed by atoms with E-state index in [0.29, 0.717) is 6.42 Å². The molecule has 0 aromatic heterocycles. The van der Waals surface area contributed by atoms with E-state index >= 15 is 0 Å². The van der Waals surface area contributed by atoms with Crippen LogP contribution in [0.5, 0.6) is 0 Å². The Kier molecular flexibility index (Phi) is 23.2. The van der Waals surface area contributed by atoms with E-state index in [0.717, 1.165) is 6.42 Å². The molecule has 7 nitrogen and oxygen atoms in total. The molecule has 392 valence electrons. The average Bonchev–Trinajstić information content (AvgIpc) is 3.14. The summed E-state index contributed by atoms with van der Waals surface area (Å²) in [5.74, 6) is -0.243. The summed E-state index contributed by atoms with van der Waals surface area (Å²) in [5, 5.41) is 11.8. The van der Waals surface area contributed by atoms with Crippen LogP contribution in [0.1, 0.15) is 151 Å². The summed E-state index contributed by atoms with van der Waals surface area (Å²) in [6.45, 7) is 67.4. The Labute approximate surface area is 420 Å². The molecular formula is C56H110O7Si4. The van der Waals surface area contributed by atoms with Gasteiger partial charge in [-0.05, 0) is 111 Å². The third-order valence-corrected chi connectivity index (χ3v) is 35.2. The SMILES string of the molecule is C=C/C=C\[C@H](C)[C@H](O)[C@@H](C)[C@H](O[Si](C)(C)C(C)(C)C)[C@@H](C)C/C(C)=C\[C@H](C)[C@@H](O[Si](C)(C)C(C)(C)C)[C@@H](C)/C=C\[C@H](C[C@@H]1OC(=O)[C@H](C)[C@@H](O[Si](C)(C)C(C)(C)C)[C@H]1C)O[Si](C)(C)C(C)(C)C. The first-order chi connectivity index (χ1) is 29.9. The van der Waals surface area contributed by atoms with Crippen molar-refractivity contribution in [2.24, 2.45) is 41.4 Å². The number of rotatable bonds is 23. The Bertz CT molecular complexity index is 1650. The largest absolute Gasteiger partial charge is 0.462 e. The molecule has 0 aliphatic carbocycles. The Morgan fingerprint density at radius 1 is 0.672 bits per heavy atom. The molecule has 0 unspecified atom stereocenters. The van der Waals surface area contributed by atoms with Crippen LogP contribution in [0.15, 0.2) is 48.6 Å². The number of carbonyl (C=O) groups is 1. The lowest BCUT2D eigenvalue weighted by Crippen LogP contribution is -2.55. The summed E-state index contributed by atoms with van der Waals surface area (Å²) in [4.78, 5) is 13.6. The minimum atomic E-state index is -2.25. The van der Waals surface area contributed by atoms with E-state index in [2.05, 4.69) is 209 Å². The zero-order valence-electron chi connectivity index (χ0n) is 49.0. The molecule has 1 N–H and O–H groups in total. The standard InChI is InChI=1S/C56H110O7Si4/c1-30-31-32-39(3)48(57)44(8)50(62-66(26,27)55(16,17)18)42(6)36-38(2)35-41(5)49(61-65(24,25)54(13,14)15)40(4)33-34-46(60-64(22,23)53(10,11)12)37-47-43(7)51(45(9)52(58)59-47)63-67(28,29)56(19,20)21/h30-35,39-51,57H,1,36-37H2,2-29H3/b32-31-,34-33-,38-35-/t39-,40-,41-,42-,43-,44+,45+,46+,47-,48-,49-,50+,51-/m0/s1. The molecular weight excluding hydrogens is 897 g/mol. The van der Waals surface area contributed by atoms with Gasteiger partial charge < -0.3 is 27.5 Å². The number of carbonyl (C=O) groups excluding carboxylic acids is 1. The molecule has 67 heavy (non-hydrogen) atoms. The first-order valence-corrected chi connectivity index (χ1v) is 37.7. The lowest BCUT2D eigenvalue weighted by atomic mass is 9.81. The van der Waals surface area contributed by atoms with Crippen LogP contribution in [0.3, 0.4) is 0 Å². The van der Waals surface area contributed by atoms with Crippen LogP contribution in [-0.4, -0.2) is 81.0 Å². The van der Waals surface area contributed by atoms with Crippen LogP contribution in [0.25, 0.3) is 0 Å². The maximum atomic E-state index is 13.6. The predicted molar refractivity (Wildman–Crippen MR) is 300 cm³/mol. The highest BCUT2D eigenvalue weighted by Crippen LogP contribution is 2.45. The zero-order chi connectivity index (χ0) is 52.9. The van der Waals surface area contributed by atoms with Gasteiger partial charge in [0.2, 0.25) is 0 Å². The number of hydrogen-bond acceptors (Lipinski definition) is 7. The molecule has 0 radical (unpaired) electrons. The van der Waals surface area contributed by atoms with E-state index in [1.165, 1.54) is 5.57 Å². The summed E-state index contributed by atoms with van der Waals surface area (Å²) in [6.07, 6.45) is 12.7. The molecule has 0 spiro atoms. The second-order valence-electron chi connectivity index (χ2n) is 27.4.